The average molecular weight is 353 g/mol. The van der Waals surface area contributed by atoms with Crippen molar-refractivity contribution in [3.05, 3.63) is 0 Å². The third kappa shape index (κ3) is 5.68. The highest BCUT2D eigenvalue weighted by Gasteiger charge is 2.31. The van der Waals surface area contributed by atoms with Crippen LogP contribution in [-0.2, 0) is 9.59 Å². The molecule has 2 heterocycles. The smallest absolute Gasteiger partial charge is 0.318 e. The second kappa shape index (κ2) is 8.77. The number of carbonyl (C=O) groups is 3. The molecule has 0 aliphatic carbocycles. The summed E-state index contributed by atoms with van der Waals surface area (Å²) < 4.78 is 0. The van der Waals surface area contributed by atoms with Crippen LogP contribution in [0.4, 0.5) is 4.79 Å². The molecule has 1 saturated heterocycles. The van der Waals surface area contributed by atoms with Gasteiger partial charge in [-0.05, 0) is 38.3 Å². The number of carbonyl (C=O) groups excluding carboxylic acids is 3. The monoisotopic (exact) mass is 353 g/mol. The van der Waals surface area contributed by atoms with E-state index in [0.717, 1.165) is 32.4 Å². The van der Waals surface area contributed by atoms with Gasteiger partial charge in [-0.2, -0.15) is 0 Å². The molecule has 7 N–H and O–H groups in total. The molecule has 0 spiro atoms. The van der Waals surface area contributed by atoms with Crippen molar-refractivity contribution in [2.45, 2.75) is 37.8 Å². The molecule has 2 rings (SSSR count). The van der Waals surface area contributed by atoms with Crippen LogP contribution in [0.3, 0.4) is 0 Å². The maximum Gasteiger partial charge on any atom is 0.318 e. The summed E-state index contributed by atoms with van der Waals surface area (Å²) in [6.07, 6.45) is 3.16. The predicted octanol–water partition coefficient (Wildman–Crippen LogP) is -1.93. The molecular formula is C15H27N7O3. The number of urea groups is 1. The van der Waals surface area contributed by atoms with E-state index in [0.29, 0.717) is 5.92 Å². The summed E-state index contributed by atoms with van der Waals surface area (Å²) in [5.74, 6) is -0.0683. The predicted molar refractivity (Wildman–Crippen MR) is 92.5 cm³/mol. The Balaban J connectivity index is 1.83. The number of guanidine groups is 1. The third-order valence-electron chi connectivity index (χ3n) is 4.60. The Hall–Kier alpha value is -2.20. The summed E-state index contributed by atoms with van der Waals surface area (Å²) in [6, 6.07) is -1.76. The molecule has 10 heteroatoms. The highest BCUT2D eigenvalue weighted by atomic mass is 16.2. The summed E-state index contributed by atoms with van der Waals surface area (Å²) >= 11 is 0. The van der Waals surface area contributed by atoms with Gasteiger partial charge >= 0.3 is 6.03 Å². The van der Waals surface area contributed by atoms with Crippen LogP contribution in [-0.4, -0.2) is 67.5 Å². The fourth-order valence-electron chi connectivity index (χ4n) is 3.16. The molecule has 0 aromatic rings. The fourth-order valence-corrected chi connectivity index (χ4v) is 3.16. The Kier molecular flexibility index (Phi) is 6.71. The Morgan fingerprint density at radius 3 is 2.68 bits per heavy atom. The number of likely N-dealkylation sites (N-methyl/N-ethyl adjacent to an activating group) is 1. The molecule has 0 saturated carbocycles. The minimum atomic E-state index is -0.814. The lowest BCUT2D eigenvalue weighted by atomic mass is 9.90. The number of piperidine rings is 1. The zero-order valence-electron chi connectivity index (χ0n) is 14.5. The first-order chi connectivity index (χ1) is 11.9. The molecule has 10 nitrogen and oxygen atoms in total. The standard InChI is InChI=1S/C15H27N7O3/c1-22(11-8-19-15(20-13(11)24)21-14(17)25)12(23)7-10(16)6-9-2-4-18-5-3-9/h9-11,18H,2-8,16H2,1H3,(H4,17,19,20,21,24,25)/t10-,11?/m0/s1. The highest BCUT2D eigenvalue weighted by Crippen LogP contribution is 2.19. The van der Waals surface area contributed by atoms with Gasteiger partial charge in [0.05, 0.1) is 6.54 Å². The van der Waals surface area contributed by atoms with E-state index in [1.807, 2.05) is 0 Å². The van der Waals surface area contributed by atoms with Gasteiger partial charge in [-0.3, -0.25) is 20.2 Å². The topological polar surface area (TPSA) is 155 Å². The zero-order chi connectivity index (χ0) is 18.4. The molecule has 0 aromatic carbocycles. The number of hydrogen-bond donors (Lipinski definition) is 5. The molecule has 25 heavy (non-hydrogen) atoms. The molecule has 1 unspecified atom stereocenters. The van der Waals surface area contributed by atoms with Gasteiger partial charge in [-0.1, -0.05) is 0 Å². The van der Waals surface area contributed by atoms with Gasteiger partial charge in [0, 0.05) is 19.5 Å². The summed E-state index contributed by atoms with van der Waals surface area (Å²) in [5.41, 5.74) is 11.1. The van der Waals surface area contributed by atoms with Gasteiger partial charge in [0.15, 0.2) is 0 Å². The first-order valence-electron chi connectivity index (χ1n) is 8.50. The van der Waals surface area contributed by atoms with E-state index in [1.165, 1.54) is 4.90 Å². The normalized spacial score (nSPS) is 22.6. The number of nitrogens with one attached hydrogen (secondary N) is 3. The van der Waals surface area contributed by atoms with Crippen molar-refractivity contribution in [1.29, 1.82) is 0 Å². The summed E-state index contributed by atoms with van der Waals surface area (Å²) in [4.78, 5) is 40.7. The molecule has 1 fully saturated rings. The molecule has 4 amide bonds. The first-order valence-corrected chi connectivity index (χ1v) is 8.50. The molecule has 0 radical (unpaired) electrons. The van der Waals surface area contributed by atoms with Crippen LogP contribution < -0.4 is 27.4 Å². The van der Waals surface area contributed by atoms with E-state index in [2.05, 4.69) is 20.9 Å². The van der Waals surface area contributed by atoms with Crippen molar-refractivity contribution in [2.75, 3.05) is 26.7 Å². The van der Waals surface area contributed by atoms with Crippen molar-refractivity contribution >= 4 is 23.8 Å². The minimum Gasteiger partial charge on any atom is -0.351 e. The summed E-state index contributed by atoms with van der Waals surface area (Å²) in [5, 5.41) is 7.93. The Bertz CT molecular complexity index is 545. The van der Waals surface area contributed by atoms with Crippen LogP contribution in [0.5, 0.6) is 0 Å². The van der Waals surface area contributed by atoms with Crippen molar-refractivity contribution in [2.24, 2.45) is 22.4 Å². The van der Waals surface area contributed by atoms with E-state index >= 15 is 0 Å². The van der Waals surface area contributed by atoms with Crippen molar-refractivity contribution < 1.29 is 14.4 Å². The quantitative estimate of drug-likeness (QED) is 0.389. The van der Waals surface area contributed by atoms with E-state index in [9.17, 15) is 14.4 Å². The van der Waals surface area contributed by atoms with Crippen LogP contribution in [0.25, 0.3) is 0 Å². The second-order valence-electron chi connectivity index (χ2n) is 6.58. The maximum atomic E-state index is 12.4. The van der Waals surface area contributed by atoms with E-state index in [1.54, 1.807) is 7.05 Å². The molecule has 0 aromatic heterocycles. The van der Waals surface area contributed by atoms with Crippen molar-refractivity contribution in [1.82, 2.24) is 20.9 Å². The summed E-state index contributed by atoms with van der Waals surface area (Å²) in [7, 11) is 1.56. The third-order valence-corrected chi connectivity index (χ3v) is 4.60. The van der Waals surface area contributed by atoms with E-state index < -0.39 is 18.0 Å². The van der Waals surface area contributed by atoms with Gasteiger partial charge in [-0.15, -0.1) is 0 Å². The van der Waals surface area contributed by atoms with E-state index in [4.69, 9.17) is 11.5 Å². The summed E-state index contributed by atoms with van der Waals surface area (Å²) in [6.45, 7) is 2.05. The molecule has 2 aliphatic rings. The van der Waals surface area contributed by atoms with Crippen molar-refractivity contribution in [3.8, 4) is 0 Å². The zero-order valence-corrected chi connectivity index (χ0v) is 14.5. The van der Waals surface area contributed by atoms with Gasteiger partial charge < -0.3 is 21.7 Å². The Morgan fingerprint density at radius 2 is 2.08 bits per heavy atom. The molecule has 140 valence electrons. The van der Waals surface area contributed by atoms with Crippen LogP contribution in [0, 0.1) is 5.92 Å². The first kappa shape index (κ1) is 19.1. The number of nitrogens with zero attached hydrogens (tertiary/aromatic N) is 2. The number of primary amides is 1. The SMILES string of the molecule is CN(C(=O)C[C@@H](N)CC1CCNCC1)C1CN=C(NC(N)=O)NC1=O. The second-order valence-corrected chi connectivity index (χ2v) is 6.58. The van der Waals surface area contributed by atoms with E-state index in [-0.39, 0.29) is 30.9 Å². The Labute approximate surface area is 146 Å². The molecular weight excluding hydrogens is 326 g/mol. The molecule has 2 atom stereocenters. The lowest BCUT2D eigenvalue weighted by Gasteiger charge is -2.30. The van der Waals surface area contributed by atoms with Gasteiger partial charge in [0.25, 0.3) is 5.91 Å². The lowest BCUT2D eigenvalue weighted by Crippen LogP contribution is -2.58. The number of amides is 4. The van der Waals surface area contributed by atoms with Crippen LogP contribution in [0.15, 0.2) is 4.99 Å². The van der Waals surface area contributed by atoms with Crippen LogP contribution in [0.2, 0.25) is 0 Å². The largest absolute Gasteiger partial charge is 0.351 e. The number of rotatable bonds is 5. The Morgan fingerprint density at radius 1 is 1.40 bits per heavy atom. The number of nitrogens with two attached hydrogens (primary N) is 2. The maximum absolute atomic E-state index is 12.4. The lowest BCUT2D eigenvalue weighted by molar-refractivity contribution is -0.138. The average Bonchev–Trinajstić information content (AvgIpc) is 2.54. The minimum absolute atomic E-state index is 0.00258. The van der Waals surface area contributed by atoms with Gasteiger partial charge in [0.1, 0.15) is 6.04 Å². The number of aliphatic imine (C=N–C) groups is 1. The van der Waals surface area contributed by atoms with Crippen LogP contribution in [0.1, 0.15) is 25.7 Å². The molecule has 2 aliphatic heterocycles. The fraction of sp³-hybridized carbons (Fsp3) is 0.733. The van der Waals surface area contributed by atoms with Gasteiger partial charge in [0.2, 0.25) is 11.9 Å². The van der Waals surface area contributed by atoms with Crippen molar-refractivity contribution in [3.63, 3.8) is 0 Å². The van der Waals surface area contributed by atoms with Gasteiger partial charge in [-0.25, -0.2) is 9.79 Å². The van der Waals surface area contributed by atoms with Crippen LogP contribution >= 0.6 is 0 Å². The highest BCUT2D eigenvalue weighted by molar-refractivity contribution is 6.07. The molecule has 0 bridgehead atoms. The number of hydrogen-bond acceptors (Lipinski definition) is 6.